The van der Waals surface area contributed by atoms with Gasteiger partial charge < -0.3 is 25.8 Å². The number of likely N-dealkylation sites (tertiary alicyclic amines) is 1. The zero-order chi connectivity index (χ0) is 21.5. The molecule has 0 atom stereocenters. The fourth-order valence-electron chi connectivity index (χ4n) is 3.50. The summed E-state index contributed by atoms with van der Waals surface area (Å²) in [4.78, 5) is 18.5. The van der Waals surface area contributed by atoms with Crippen LogP contribution in [0.5, 0.6) is 11.5 Å². The highest BCUT2D eigenvalue weighted by molar-refractivity contribution is 6.36. The van der Waals surface area contributed by atoms with Crippen molar-refractivity contribution in [3.05, 3.63) is 47.8 Å². The van der Waals surface area contributed by atoms with E-state index in [4.69, 9.17) is 15.9 Å². The number of nitrogens with one attached hydrogen (secondary N) is 2. The molecule has 158 valence electrons. The molecule has 1 aliphatic rings. The Hall–Kier alpha value is -3.23. The number of ether oxygens (including phenoxy) is 1. The number of aromatic nitrogens is 1. The SMILES string of the molecule is Bc1c(O)cc(C(=O)NCC2CCN(C(=N)N)CC2)cc1OCCc1cccnc1. The van der Waals surface area contributed by atoms with Gasteiger partial charge in [0.1, 0.15) is 19.3 Å². The molecule has 0 aliphatic carbocycles. The fourth-order valence-corrected chi connectivity index (χ4v) is 3.50. The first-order chi connectivity index (χ1) is 14.4. The largest absolute Gasteiger partial charge is 0.508 e. The van der Waals surface area contributed by atoms with Gasteiger partial charge in [0, 0.05) is 44.0 Å². The molecule has 1 saturated heterocycles. The first kappa shape index (κ1) is 21.5. The summed E-state index contributed by atoms with van der Waals surface area (Å²) in [6, 6.07) is 7.00. The molecule has 1 aliphatic heterocycles. The van der Waals surface area contributed by atoms with Crippen LogP contribution in [-0.4, -0.2) is 60.9 Å². The summed E-state index contributed by atoms with van der Waals surface area (Å²) in [5.74, 6) is 0.742. The molecule has 0 saturated carbocycles. The van der Waals surface area contributed by atoms with Crippen LogP contribution in [0, 0.1) is 11.3 Å². The maximum Gasteiger partial charge on any atom is 0.251 e. The maximum absolute atomic E-state index is 12.6. The number of pyridine rings is 1. The van der Waals surface area contributed by atoms with Gasteiger partial charge in [-0.25, -0.2) is 0 Å². The third-order valence-corrected chi connectivity index (χ3v) is 5.47. The predicted molar refractivity (Wildman–Crippen MR) is 118 cm³/mol. The number of rotatable bonds is 7. The summed E-state index contributed by atoms with van der Waals surface area (Å²) in [5.41, 5.74) is 7.56. The van der Waals surface area contributed by atoms with Gasteiger partial charge in [-0.15, -0.1) is 0 Å². The van der Waals surface area contributed by atoms with Gasteiger partial charge in [0.2, 0.25) is 0 Å². The number of nitrogens with zero attached hydrogens (tertiary/aromatic N) is 2. The summed E-state index contributed by atoms with van der Waals surface area (Å²) in [6.07, 6.45) is 5.95. The fraction of sp³-hybridized carbons (Fsp3) is 0.381. The van der Waals surface area contributed by atoms with Gasteiger partial charge in [-0.05, 0) is 48.0 Å². The Morgan fingerprint density at radius 3 is 2.83 bits per heavy atom. The Bertz CT molecular complexity index is 886. The molecule has 0 spiro atoms. The van der Waals surface area contributed by atoms with Crippen LogP contribution in [-0.2, 0) is 6.42 Å². The molecule has 8 nitrogen and oxygen atoms in total. The van der Waals surface area contributed by atoms with Crippen LogP contribution < -0.4 is 21.3 Å². The molecule has 0 radical (unpaired) electrons. The van der Waals surface area contributed by atoms with Gasteiger partial charge >= 0.3 is 0 Å². The van der Waals surface area contributed by atoms with Gasteiger partial charge in [0.25, 0.3) is 5.91 Å². The Morgan fingerprint density at radius 1 is 1.40 bits per heavy atom. The molecule has 1 fully saturated rings. The van der Waals surface area contributed by atoms with Gasteiger partial charge in [0.15, 0.2) is 5.96 Å². The zero-order valence-electron chi connectivity index (χ0n) is 17.2. The highest BCUT2D eigenvalue weighted by Crippen LogP contribution is 2.20. The molecular weight excluding hydrogens is 381 g/mol. The smallest absolute Gasteiger partial charge is 0.251 e. The summed E-state index contributed by atoms with van der Waals surface area (Å²) in [7, 11) is 1.76. The van der Waals surface area contributed by atoms with Crippen LogP contribution in [0.1, 0.15) is 28.8 Å². The number of aromatic hydroxyl groups is 1. The summed E-state index contributed by atoms with van der Waals surface area (Å²) in [5, 5.41) is 20.7. The van der Waals surface area contributed by atoms with Crippen molar-refractivity contribution in [3.63, 3.8) is 0 Å². The van der Waals surface area contributed by atoms with Crippen LogP contribution in [0.2, 0.25) is 0 Å². The van der Waals surface area contributed by atoms with Crippen molar-refractivity contribution in [1.29, 1.82) is 5.41 Å². The van der Waals surface area contributed by atoms with Crippen molar-refractivity contribution in [3.8, 4) is 11.5 Å². The third-order valence-electron chi connectivity index (χ3n) is 5.47. The van der Waals surface area contributed by atoms with E-state index in [-0.39, 0.29) is 17.6 Å². The lowest BCUT2D eigenvalue weighted by Crippen LogP contribution is -2.44. The summed E-state index contributed by atoms with van der Waals surface area (Å²) < 4.78 is 5.84. The minimum absolute atomic E-state index is 0.0359. The highest BCUT2D eigenvalue weighted by atomic mass is 16.5. The Balaban J connectivity index is 1.54. The molecule has 2 aromatic rings. The molecule has 3 rings (SSSR count). The number of guanidine groups is 1. The lowest BCUT2D eigenvalue weighted by atomic mass is 9.92. The van der Waals surface area contributed by atoms with Crippen LogP contribution in [0.25, 0.3) is 0 Å². The standard InChI is InChI=1S/C21H28BN5O3/c22-19-17(28)10-16(11-18(19)30-9-5-14-2-1-6-25-12-14)20(29)26-13-15-3-7-27(8-4-15)21(23)24/h1-2,6,10-12,15,28H,3-5,7-9,13,22H2,(H3,23,24)(H,26,29). The lowest BCUT2D eigenvalue weighted by molar-refractivity contribution is 0.0940. The normalized spacial score (nSPS) is 14.3. The van der Waals surface area contributed by atoms with Crippen molar-refractivity contribution in [2.24, 2.45) is 11.7 Å². The third kappa shape index (κ3) is 5.65. The van der Waals surface area contributed by atoms with E-state index >= 15 is 0 Å². The van der Waals surface area contributed by atoms with Crippen molar-refractivity contribution < 1.29 is 14.6 Å². The topological polar surface area (TPSA) is 125 Å². The average molecular weight is 409 g/mol. The van der Waals surface area contributed by atoms with E-state index in [2.05, 4.69) is 10.3 Å². The first-order valence-corrected chi connectivity index (χ1v) is 10.2. The Labute approximate surface area is 177 Å². The van der Waals surface area contributed by atoms with E-state index in [1.165, 1.54) is 6.07 Å². The van der Waals surface area contributed by atoms with Crippen LogP contribution in [0.3, 0.4) is 0 Å². The van der Waals surface area contributed by atoms with E-state index < -0.39 is 0 Å². The number of carbonyl (C=O) groups is 1. The number of benzene rings is 1. The van der Waals surface area contributed by atoms with Gasteiger partial charge in [-0.1, -0.05) is 6.07 Å². The minimum atomic E-state index is -0.239. The van der Waals surface area contributed by atoms with E-state index in [1.54, 1.807) is 26.3 Å². The van der Waals surface area contributed by atoms with Crippen molar-refractivity contribution in [1.82, 2.24) is 15.2 Å². The molecule has 0 unspecified atom stereocenters. The monoisotopic (exact) mass is 409 g/mol. The number of hydrogen-bond acceptors (Lipinski definition) is 5. The summed E-state index contributed by atoms with van der Waals surface area (Å²) in [6.45, 7) is 2.44. The second-order valence-corrected chi connectivity index (χ2v) is 7.60. The molecular formula is C21H28BN5O3. The van der Waals surface area contributed by atoms with E-state index in [0.717, 1.165) is 31.5 Å². The number of nitrogens with two attached hydrogens (primary N) is 1. The number of carbonyl (C=O) groups excluding carboxylic acids is 1. The highest BCUT2D eigenvalue weighted by Gasteiger charge is 2.21. The first-order valence-electron chi connectivity index (χ1n) is 10.2. The van der Waals surface area contributed by atoms with Gasteiger partial charge in [-0.3, -0.25) is 15.2 Å². The molecule has 30 heavy (non-hydrogen) atoms. The molecule has 2 heterocycles. The lowest BCUT2D eigenvalue weighted by Gasteiger charge is -2.32. The van der Waals surface area contributed by atoms with Gasteiger partial charge in [-0.2, -0.15) is 0 Å². The summed E-state index contributed by atoms with van der Waals surface area (Å²) >= 11 is 0. The van der Waals surface area contributed by atoms with Crippen molar-refractivity contribution in [2.75, 3.05) is 26.2 Å². The second-order valence-electron chi connectivity index (χ2n) is 7.60. The van der Waals surface area contributed by atoms with E-state index in [0.29, 0.717) is 42.3 Å². The van der Waals surface area contributed by atoms with E-state index in [9.17, 15) is 9.90 Å². The van der Waals surface area contributed by atoms with Crippen molar-refractivity contribution in [2.45, 2.75) is 19.3 Å². The predicted octanol–water partition coefficient (Wildman–Crippen LogP) is 0.00237. The Morgan fingerprint density at radius 2 is 2.17 bits per heavy atom. The number of phenols is 1. The van der Waals surface area contributed by atoms with Crippen LogP contribution >= 0.6 is 0 Å². The molecule has 0 bridgehead atoms. The van der Waals surface area contributed by atoms with Crippen LogP contribution in [0.15, 0.2) is 36.7 Å². The van der Waals surface area contributed by atoms with Crippen LogP contribution in [0.4, 0.5) is 0 Å². The molecule has 9 heteroatoms. The second kappa shape index (κ2) is 10.0. The van der Waals surface area contributed by atoms with Gasteiger partial charge in [0.05, 0.1) is 6.61 Å². The zero-order valence-corrected chi connectivity index (χ0v) is 17.2. The molecule has 1 aromatic carbocycles. The number of phenolic OH excluding ortho intramolecular Hbond substituents is 1. The Kier molecular flexibility index (Phi) is 7.16. The number of amides is 1. The quantitative estimate of drug-likeness (QED) is 0.290. The maximum atomic E-state index is 12.6. The van der Waals surface area contributed by atoms with E-state index in [1.807, 2.05) is 17.0 Å². The molecule has 1 amide bonds. The number of piperidine rings is 1. The average Bonchev–Trinajstić information content (AvgIpc) is 2.75. The minimum Gasteiger partial charge on any atom is -0.508 e. The molecule has 5 N–H and O–H groups in total. The molecule has 1 aromatic heterocycles. The number of hydrogen-bond donors (Lipinski definition) is 4. The van der Waals surface area contributed by atoms with Crippen molar-refractivity contribution >= 4 is 25.2 Å².